The van der Waals surface area contributed by atoms with Crippen LogP contribution in [0.3, 0.4) is 0 Å². The summed E-state index contributed by atoms with van der Waals surface area (Å²) in [5, 5.41) is 0.704. The van der Waals surface area contributed by atoms with Gasteiger partial charge in [0.05, 0.1) is 25.5 Å². The van der Waals surface area contributed by atoms with Crippen molar-refractivity contribution in [1.82, 2.24) is 19.7 Å². The number of aromatic nitrogens is 1. The van der Waals surface area contributed by atoms with Crippen LogP contribution < -0.4 is 0 Å². The van der Waals surface area contributed by atoms with Gasteiger partial charge in [-0.2, -0.15) is 0 Å². The molecule has 2 aromatic rings. The molecule has 0 spiro atoms. The van der Waals surface area contributed by atoms with Crippen LogP contribution in [0.2, 0.25) is 0 Å². The second-order valence-corrected chi connectivity index (χ2v) is 8.50. The molecule has 2 aliphatic heterocycles. The number of benzene rings is 1. The normalized spacial score (nSPS) is 17.9. The number of nitrogens with zero attached hydrogens (tertiary/aromatic N) is 4. The molecule has 2 fully saturated rings. The van der Waals surface area contributed by atoms with Crippen LogP contribution in [-0.2, 0) is 9.53 Å². The largest absolute Gasteiger partial charge is 0.379 e. The molecule has 3 heterocycles. The lowest BCUT2D eigenvalue weighted by molar-refractivity contribution is -0.134. The van der Waals surface area contributed by atoms with Crippen molar-refractivity contribution in [2.24, 2.45) is 0 Å². The summed E-state index contributed by atoms with van der Waals surface area (Å²) in [6.07, 6.45) is 0. The average molecular weight is 433 g/mol. The molecule has 9 heteroatoms. The standard InChI is InChI=1S/C21H25FN4O3S/c1-15-19(30-20(23-15)16-2-4-17(22)5-3-16)21(28)26-8-6-25(7-9-26)18(27)14-24-10-12-29-13-11-24/h2-5H,6-14H2,1H3. The molecule has 2 amide bonds. The highest BCUT2D eigenvalue weighted by atomic mass is 32.1. The first kappa shape index (κ1) is 20.9. The SMILES string of the molecule is Cc1nc(-c2ccc(F)cc2)sc1C(=O)N1CCN(C(=O)CN2CCOCC2)CC1. The highest BCUT2D eigenvalue weighted by molar-refractivity contribution is 7.17. The Hall–Kier alpha value is -2.36. The van der Waals surface area contributed by atoms with Gasteiger partial charge in [0.1, 0.15) is 15.7 Å². The van der Waals surface area contributed by atoms with Gasteiger partial charge >= 0.3 is 0 Å². The van der Waals surface area contributed by atoms with E-state index in [1.807, 2.05) is 11.8 Å². The second-order valence-electron chi connectivity index (χ2n) is 7.50. The quantitative estimate of drug-likeness (QED) is 0.738. The molecule has 2 aliphatic rings. The number of hydrogen-bond donors (Lipinski definition) is 0. The minimum absolute atomic E-state index is 0.0568. The molecule has 0 unspecified atom stereocenters. The number of thiazole rings is 1. The van der Waals surface area contributed by atoms with Crippen LogP contribution in [0.5, 0.6) is 0 Å². The van der Waals surface area contributed by atoms with Crippen LogP contribution in [-0.4, -0.2) is 90.5 Å². The van der Waals surface area contributed by atoms with Crippen molar-refractivity contribution in [3.63, 3.8) is 0 Å². The molecule has 7 nitrogen and oxygen atoms in total. The van der Waals surface area contributed by atoms with Crippen LogP contribution in [0.4, 0.5) is 4.39 Å². The van der Waals surface area contributed by atoms with E-state index in [2.05, 4.69) is 9.88 Å². The Bertz CT molecular complexity index is 903. The van der Waals surface area contributed by atoms with Gasteiger partial charge in [0.25, 0.3) is 5.91 Å². The van der Waals surface area contributed by atoms with E-state index in [4.69, 9.17) is 4.74 Å². The summed E-state index contributed by atoms with van der Waals surface area (Å²) in [5.74, 6) is -0.250. The zero-order chi connectivity index (χ0) is 21.1. The van der Waals surface area contributed by atoms with E-state index in [-0.39, 0.29) is 17.6 Å². The molecular formula is C21H25FN4O3S. The van der Waals surface area contributed by atoms with Crippen LogP contribution in [0, 0.1) is 12.7 Å². The number of rotatable bonds is 4. The summed E-state index contributed by atoms with van der Waals surface area (Å²) >= 11 is 1.33. The second kappa shape index (κ2) is 9.20. The summed E-state index contributed by atoms with van der Waals surface area (Å²) in [6, 6.07) is 6.11. The number of morpholine rings is 1. The monoisotopic (exact) mass is 432 g/mol. The maximum atomic E-state index is 13.2. The van der Waals surface area contributed by atoms with Gasteiger partial charge in [-0.15, -0.1) is 11.3 Å². The Kier molecular flexibility index (Phi) is 6.40. The number of piperazine rings is 1. The molecule has 0 saturated carbocycles. The molecule has 160 valence electrons. The topological polar surface area (TPSA) is 66.0 Å². The summed E-state index contributed by atoms with van der Waals surface area (Å²) in [6.45, 7) is 7.23. The lowest BCUT2D eigenvalue weighted by Gasteiger charge is -2.36. The van der Waals surface area contributed by atoms with E-state index in [0.717, 1.165) is 18.7 Å². The minimum atomic E-state index is -0.302. The molecule has 0 radical (unpaired) electrons. The third-order valence-electron chi connectivity index (χ3n) is 5.46. The Morgan fingerprint density at radius 3 is 2.33 bits per heavy atom. The van der Waals surface area contributed by atoms with Crippen molar-refractivity contribution in [2.75, 3.05) is 59.0 Å². The van der Waals surface area contributed by atoms with Gasteiger partial charge in [-0.05, 0) is 31.2 Å². The molecule has 2 saturated heterocycles. The van der Waals surface area contributed by atoms with Gasteiger partial charge < -0.3 is 14.5 Å². The molecule has 0 aliphatic carbocycles. The van der Waals surface area contributed by atoms with Crippen molar-refractivity contribution in [3.05, 3.63) is 40.7 Å². The van der Waals surface area contributed by atoms with Gasteiger partial charge in [0, 0.05) is 44.8 Å². The van der Waals surface area contributed by atoms with Crippen LogP contribution >= 0.6 is 11.3 Å². The Balaban J connectivity index is 1.35. The zero-order valence-electron chi connectivity index (χ0n) is 17.0. The molecule has 0 atom stereocenters. The van der Waals surface area contributed by atoms with Crippen LogP contribution in [0.15, 0.2) is 24.3 Å². The number of carbonyl (C=O) groups is 2. The summed E-state index contributed by atoms with van der Waals surface area (Å²) < 4.78 is 18.5. The predicted molar refractivity (Wildman–Crippen MR) is 112 cm³/mol. The van der Waals surface area contributed by atoms with Crippen molar-refractivity contribution >= 4 is 23.2 Å². The van der Waals surface area contributed by atoms with Crippen LogP contribution in [0.25, 0.3) is 10.6 Å². The number of amides is 2. The van der Waals surface area contributed by atoms with Gasteiger partial charge in [0.15, 0.2) is 0 Å². The summed E-state index contributed by atoms with van der Waals surface area (Å²) in [4.78, 5) is 36.4. The first-order valence-electron chi connectivity index (χ1n) is 10.1. The molecular weight excluding hydrogens is 407 g/mol. The molecule has 0 N–H and O–H groups in total. The van der Waals surface area contributed by atoms with E-state index in [1.54, 1.807) is 17.0 Å². The third-order valence-corrected chi connectivity index (χ3v) is 6.66. The molecule has 1 aromatic carbocycles. The maximum Gasteiger partial charge on any atom is 0.265 e. The van der Waals surface area contributed by atoms with Gasteiger partial charge in [-0.1, -0.05) is 0 Å². The third kappa shape index (κ3) is 4.69. The zero-order valence-corrected chi connectivity index (χ0v) is 17.8. The predicted octanol–water partition coefficient (Wildman–Crippen LogP) is 1.87. The van der Waals surface area contributed by atoms with Crippen molar-refractivity contribution in [1.29, 1.82) is 0 Å². The number of hydrogen-bond acceptors (Lipinski definition) is 6. The Morgan fingerprint density at radius 2 is 1.67 bits per heavy atom. The fraction of sp³-hybridized carbons (Fsp3) is 0.476. The van der Waals surface area contributed by atoms with Crippen molar-refractivity contribution in [3.8, 4) is 10.6 Å². The lowest BCUT2D eigenvalue weighted by Crippen LogP contribution is -2.53. The summed E-state index contributed by atoms with van der Waals surface area (Å²) in [5.41, 5.74) is 1.47. The van der Waals surface area contributed by atoms with E-state index < -0.39 is 0 Å². The van der Waals surface area contributed by atoms with Crippen LogP contribution in [0.1, 0.15) is 15.4 Å². The smallest absolute Gasteiger partial charge is 0.265 e. The average Bonchev–Trinajstić information content (AvgIpc) is 3.16. The lowest BCUT2D eigenvalue weighted by atomic mass is 10.2. The fourth-order valence-electron chi connectivity index (χ4n) is 3.66. The van der Waals surface area contributed by atoms with Crippen molar-refractivity contribution in [2.45, 2.75) is 6.92 Å². The first-order valence-corrected chi connectivity index (χ1v) is 10.9. The van der Waals surface area contributed by atoms with E-state index in [1.165, 1.54) is 23.5 Å². The highest BCUT2D eigenvalue weighted by Crippen LogP contribution is 2.29. The fourth-order valence-corrected chi connectivity index (χ4v) is 4.70. The Labute approximate surface area is 179 Å². The molecule has 0 bridgehead atoms. The number of aryl methyl sites for hydroxylation is 1. The Morgan fingerprint density at radius 1 is 1.03 bits per heavy atom. The maximum absolute atomic E-state index is 13.2. The van der Waals surface area contributed by atoms with Gasteiger partial charge in [0.2, 0.25) is 5.91 Å². The number of carbonyl (C=O) groups excluding carboxylic acids is 2. The van der Waals surface area contributed by atoms with E-state index >= 15 is 0 Å². The minimum Gasteiger partial charge on any atom is -0.379 e. The van der Waals surface area contributed by atoms with E-state index in [9.17, 15) is 14.0 Å². The number of ether oxygens (including phenoxy) is 1. The number of halogens is 1. The van der Waals surface area contributed by atoms with Gasteiger partial charge in [-0.3, -0.25) is 14.5 Å². The first-order chi connectivity index (χ1) is 14.5. The highest BCUT2D eigenvalue weighted by Gasteiger charge is 2.28. The van der Waals surface area contributed by atoms with Crippen molar-refractivity contribution < 1.29 is 18.7 Å². The van der Waals surface area contributed by atoms with Gasteiger partial charge in [-0.25, -0.2) is 9.37 Å². The molecule has 1 aromatic heterocycles. The van der Waals surface area contributed by atoms with E-state index in [0.29, 0.717) is 61.5 Å². The summed E-state index contributed by atoms with van der Waals surface area (Å²) in [7, 11) is 0. The molecule has 30 heavy (non-hydrogen) atoms. The molecule has 4 rings (SSSR count).